The van der Waals surface area contributed by atoms with Crippen LogP contribution in [0.5, 0.6) is 5.75 Å². The number of hydrogen-bond donors (Lipinski definition) is 1. The quantitative estimate of drug-likeness (QED) is 0.357. The Labute approximate surface area is 163 Å². The fraction of sp³-hybridized carbons (Fsp3) is 0.250. The van der Waals surface area contributed by atoms with E-state index in [4.69, 9.17) is 10.5 Å². The number of amides is 1. The Morgan fingerprint density at radius 3 is 2.57 bits per heavy atom. The maximum atomic E-state index is 13.0. The van der Waals surface area contributed by atoms with E-state index in [1.54, 1.807) is 41.3 Å². The monoisotopic (exact) mass is 382 g/mol. The predicted octanol–water partition coefficient (Wildman–Crippen LogP) is 2.90. The van der Waals surface area contributed by atoms with Crippen molar-refractivity contribution >= 4 is 29.0 Å². The summed E-state index contributed by atoms with van der Waals surface area (Å²) >= 11 is 0. The lowest BCUT2D eigenvalue weighted by Gasteiger charge is -2.31. The number of ether oxygens (including phenoxy) is 1. The Balaban J connectivity index is 1.91. The minimum Gasteiger partial charge on any atom is -0.449 e. The lowest BCUT2D eigenvalue weighted by molar-refractivity contribution is -0.384. The van der Waals surface area contributed by atoms with Crippen molar-refractivity contribution in [3.63, 3.8) is 0 Å². The first-order valence-electron chi connectivity index (χ1n) is 8.85. The molecule has 0 saturated carbocycles. The minimum absolute atomic E-state index is 0.0100. The van der Waals surface area contributed by atoms with Crippen LogP contribution in [0.15, 0.2) is 48.2 Å². The summed E-state index contributed by atoms with van der Waals surface area (Å²) in [6.45, 7) is 1.36. The molecule has 0 spiro atoms. The van der Waals surface area contributed by atoms with Crippen molar-refractivity contribution in [3.05, 3.63) is 63.9 Å². The first-order chi connectivity index (χ1) is 13.3. The van der Waals surface area contributed by atoms with Crippen LogP contribution in [-0.2, 0) is 4.79 Å². The van der Waals surface area contributed by atoms with Gasteiger partial charge in [0.2, 0.25) is 0 Å². The maximum absolute atomic E-state index is 13.0. The summed E-state index contributed by atoms with van der Waals surface area (Å²) in [6, 6.07) is 11.1. The van der Waals surface area contributed by atoms with E-state index in [2.05, 4.69) is 4.90 Å². The Bertz CT molecular complexity index is 922. The Kier molecular flexibility index (Phi) is 5.60. The standard InChI is InChI=1S/C20H22N4O4/c1-22(2)10-3-11-23-17-13-15(21)6-9-18(17)28-19(20(23)25)12-14-4-7-16(8-5-14)24(26)27/h4-9,12-13H,3,10-11,21H2,1-2H3/b19-12+. The SMILES string of the molecule is CN(C)CCCN1C(=O)/C(=C\c2ccc([N+](=O)[O-])cc2)Oc2ccc(N)cc21. The number of anilines is 2. The number of rotatable bonds is 6. The van der Waals surface area contributed by atoms with Gasteiger partial charge >= 0.3 is 0 Å². The van der Waals surface area contributed by atoms with E-state index < -0.39 is 4.92 Å². The summed E-state index contributed by atoms with van der Waals surface area (Å²) in [6.07, 6.45) is 2.38. The number of nitrogen functional groups attached to an aromatic ring is 1. The number of fused-ring (bicyclic) bond motifs is 1. The van der Waals surface area contributed by atoms with Gasteiger partial charge in [-0.25, -0.2) is 0 Å². The molecular weight excluding hydrogens is 360 g/mol. The van der Waals surface area contributed by atoms with Gasteiger partial charge in [0.15, 0.2) is 11.5 Å². The van der Waals surface area contributed by atoms with Gasteiger partial charge in [-0.05, 0) is 69.0 Å². The summed E-state index contributed by atoms with van der Waals surface area (Å²) < 4.78 is 5.81. The van der Waals surface area contributed by atoms with Crippen LogP contribution in [0.2, 0.25) is 0 Å². The normalized spacial score (nSPS) is 14.9. The second kappa shape index (κ2) is 8.10. The van der Waals surface area contributed by atoms with Gasteiger partial charge < -0.3 is 20.3 Å². The first-order valence-corrected chi connectivity index (χ1v) is 8.85. The van der Waals surface area contributed by atoms with Crippen molar-refractivity contribution in [2.75, 3.05) is 37.8 Å². The minimum atomic E-state index is -0.466. The van der Waals surface area contributed by atoms with Crippen LogP contribution in [0.4, 0.5) is 17.1 Å². The van der Waals surface area contributed by atoms with Crippen molar-refractivity contribution < 1.29 is 14.5 Å². The molecule has 1 amide bonds. The van der Waals surface area contributed by atoms with Gasteiger partial charge in [0, 0.05) is 24.4 Å². The molecule has 0 fully saturated rings. The van der Waals surface area contributed by atoms with E-state index in [0.29, 0.717) is 29.2 Å². The van der Waals surface area contributed by atoms with E-state index in [1.807, 2.05) is 14.1 Å². The number of nitrogens with two attached hydrogens (primary N) is 1. The zero-order chi connectivity index (χ0) is 20.3. The second-order valence-electron chi connectivity index (χ2n) is 6.80. The summed E-state index contributed by atoms with van der Waals surface area (Å²) in [5.41, 5.74) is 7.72. The molecule has 0 aromatic heterocycles. The van der Waals surface area contributed by atoms with Gasteiger partial charge in [0.05, 0.1) is 10.6 Å². The van der Waals surface area contributed by atoms with Crippen molar-refractivity contribution in [2.24, 2.45) is 0 Å². The second-order valence-corrected chi connectivity index (χ2v) is 6.80. The van der Waals surface area contributed by atoms with Crippen molar-refractivity contribution in [1.29, 1.82) is 0 Å². The molecule has 2 aromatic rings. The summed E-state index contributed by atoms with van der Waals surface area (Å²) in [5, 5.41) is 10.8. The highest BCUT2D eigenvalue weighted by molar-refractivity contribution is 6.10. The molecule has 1 aliphatic heterocycles. The van der Waals surface area contributed by atoms with Gasteiger partial charge in [0.1, 0.15) is 0 Å². The van der Waals surface area contributed by atoms with Gasteiger partial charge in [0.25, 0.3) is 11.6 Å². The molecule has 0 saturated heterocycles. The van der Waals surface area contributed by atoms with E-state index in [9.17, 15) is 14.9 Å². The van der Waals surface area contributed by atoms with Gasteiger partial charge in [-0.1, -0.05) is 0 Å². The molecule has 0 radical (unpaired) electrons. The number of nitro groups is 1. The van der Waals surface area contributed by atoms with E-state index in [1.165, 1.54) is 12.1 Å². The molecule has 1 heterocycles. The lowest BCUT2D eigenvalue weighted by atomic mass is 10.1. The topological polar surface area (TPSA) is 102 Å². The number of benzene rings is 2. The molecular formula is C20H22N4O4. The molecule has 146 valence electrons. The highest BCUT2D eigenvalue weighted by Crippen LogP contribution is 2.37. The van der Waals surface area contributed by atoms with Crippen LogP contribution in [-0.4, -0.2) is 42.9 Å². The highest BCUT2D eigenvalue weighted by Gasteiger charge is 2.30. The zero-order valence-corrected chi connectivity index (χ0v) is 15.8. The number of carbonyl (C=O) groups is 1. The third-order valence-corrected chi connectivity index (χ3v) is 4.34. The zero-order valence-electron chi connectivity index (χ0n) is 15.8. The largest absolute Gasteiger partial charge is 0.449 e. The fourth-order valence-corrected chi connectivity index (χ4v) is 2.94. The summed E-state index contributed by atoms with van der Waals surface area (Å²) in [4.78, 5) is 27.1. The number of nitro benzene ring substituents is 1. The van der Waals surface area contributed by atoms with Crippen molar-refractivity contribution in [1.82, 2.24) is 4.90 Å². The Morgan fingerprint density at radius 1 is 1.21 bits per heavy atom. The smallest absolute Gasteiger partial charge is 0.294 e. The van der Waals surface area contributed by atoms with Crippen molar-refractivity contribution in [2.45, 2.75) is 6.42 Å². The van der Waals surface area contributed by atoms with Gasteiger partial charge in [-0.3, -0.25) is 14.9 Å². The summed E-state index contributed by atoms with van der Waals surface area (Å²) in [7, 11) is 3.96. The van der Waals surface area contributed by atoms with E-state index in [0.717, 1.165) is 13.0 Å². The third-order valence-electron chi connectivity index (χ3n) is 4.34. The molecule has 0 bridgehead atoms. The summed E-state index contributed by atoms with van der Waals surface area (Å²) in [5.74, 6) is 0.443. The van der Waals surface area contributed by atoms with E-state index in [-0.39, 0.29) is 17.4 Å². The van der Waals surface area contributed by atoms with Crippen LogP contribution in [0.3, 0.4) is 0 Å². The molecule has 1 aliphatic rings. The number of carbonyl (C=O) groups excluding carboxylic acids is 1. The molecule has 0 atom stereocenters. The van der Waals surface area contributed by atoms with Crippen molar-refractivity contribution in [3.8, 4) is 5.75 Å². The third kappa shape index (κ3) is 4.29. The van der Waals surface area contributed by atoms with Crippen LogP contribution in [0.1, 0.15) is 12.0 Å². The molecule has 8 nitrogen and oxygen atoms in total. The molecule has 28 heavy (non-hydrogen) atoms. The number of non-ortho nitro benzene ring substituents is 1. The molecule has 0 aliphatic carbocycles. The maximum Gasteiger partial charge on any atom is 0.294 e. The molecule has 3 rings (SSSR count). The van der Waals surface area contributed by atoms with Gasteiger partial charge in [-0.2, -0.15) is 0 Å². The van der Waals surface area contributed by atoms with Crippen LogP contribution >= 0.6 is 0 Å². The number of hydrogen-bond acceptors (Lipinski definition) is 6. The number of nitrogens with zero attached hydrogens (tertiary/aromatic N) is 3. The Morgan fingerprint density at radius 2 is 1.93 bits per heavy atom. The lowest BCUT2D eigenvalue weighted by Crippen LogP contribution is -2.39. The van der Waals surface area contributed by atoms with Gasteiger partial charge in [-0.15, -0.1) is 0 Å². The highest BCUT2D eigenvalue weighted by atomic mass is 16.6. The molecule has 2 N–H and O–H groups in total. The molecule has 0 unspecified atom stereocenters. The average Bonchev–Trinajstić information content (AvgIpc) is 2.65. The van der Waals surface area contributed by atoms with E-state index >= 15 is 0 Å². The first kappa shape index (κ1) is 19.4. The fourth-order valence-electron chi connectivity index (χ4n) is 2.94. The molecule has 8 heteroatoms. The predicted molar refractivity (Wildman–Crippen MR) is 108 cm³/mol. The molecule has 2 aromatic carbocycles. The average molecular weight is 382 g/mol. The Hall–Kier alpha value is -3.39. The van der Waals surface area contributed by atoms with Crippen LogP contribution in [0, 0.1) is 10.1 Å². The van der Waals surface area contributed by atoms with Crippen LogP contribution in [0.25, 0.3) is 6.08 Å². The van der Waals surface area contributed by atoms with Crippen LogP contribution < -0.4 is 15.4 Å².